The molecule has 0 amide bonds. The van der Waals surface area contributed by atoms with E-state index in [1.807, 2.05) is 30.7 Å². The third-order valence-electron chi connectivity index (χ3n) is 4.59. The largest absolute Gasteiger partial charge is 0.348 e. The van der Waals surface area contributed by atoms with Crippen molar-refractivity contribution in [2.45, 2.75) is 38.1 Å². The van der Waals surface area contributed by atoms with E-state index in [1.54, 1.807) is 12.1 Å². The summed E-state index contributed by atoms with van der Waals surface area (Å²) in [6, 6.07) is 5.55. The number of aryl methyl sites for hydroxylation is 2. The Bertz CT molecular complexity index is 720. The molecule has 0 saturated heterocycles. The normalized spacial score (nSPS) is 17.4. The lowest BCUT2D eigenvalue weighted by molar-refractivity contribution is 0.433. The van der Waals surface area contributed by atoms with Gasteiger partial charge in [-0.3, -0.25) is 0 Å². The third-order valence-corrected chi connectivity index (χ3v) is 4.59. The van der Waals surface area contributed by atoms with Crippen LogP contribution in [0.2, 0.25) is 0 Å². The fraction of sp³-hybridized carbons (Fsp3) is 0.438. The second kappa shape index (κ2) is 4.57. The van der Waals surface area contributed by atoms with E-state index in [-0.39, 0.29) is 5.82 Å². The van der Waals surface area contributed by atoms with Gasteiger partial charge < -0.3 is 4.57 Å². The first-order chi connectivity index (χ1) is 9.59. The smallest absolute Gasteiger partial charge is 0.235 e. The summed E-state index contributed by atoms with van der Waals surface area (Å²) in [5.74, 6) is -0.243. The Morgan fingerprint density at radius 3 is 2.70 bits per heavy atom. The predicted octanol–water partition coefficient (Wildman–Crippen LogP) is 3.73. The first kappa shape index (κ1) is 13.1. The number of isocyanates is 1. The summed E-state index contributed by atoms with van der Waals surface area (Å²) in [7, 11) is 1.92. The minimum absolute atomic E-state index is 0.243. The topological polar surface area (TPSA) is 34.4 Å². The fourth-order valence-corrected chi connectivity index (χ4v) is 3.36. The van der Waals surface area contributed by atoms with Gasteiger partial charge >= 0.3 is 0 Å². The maximum atomic E-state index is 14.9. The second-order valence-corrected chi connectivity index (χ2v) is 5.65. The number of carbonyl (C=O) groups excluding carboxylic acids is 1. The molecule has 1 aliphatic carbocycles. The quantitative estimate of drug-likeness (QED) is 0.606. The molecule has 20 heavy (non-hydrogen) atoms. The van der Waals surface area contributed by atoms with Gasteiger partial charge in [0.2, 0.25) is 6.08 Å². The molecule has 1 saturated carbocycles. The number of halogens is 1. The van der Waals surface area contributed by atoms with Crippen LogP contribution in [0.25, 0.3) is 10.9 Å². The number of hydrogen-bond acceptors (Lipinski definition) is 2. The van der Waals surface area contributed by atoms with Gasteiger partial charge in [-0.25, -0.2) is 9.18 Å². The van der Waals surface area contributed by atoms with Crippen molar-refractivity contribution in [3.05, 3.63) is 35.3 Å². The van der Waals surface area contributed by atoms with Crippen LogP contribution in [0.3, 0.4) is 0 Å². The standard InChI is InChI=1S/C16H17FN2O/c1-11-9-12-14(19(11)2)6-5-13(15(12)17)16(18-10-20)7-3-4-8-16/h5-6,9H,3-4,7-8H2,1-2H3. The molecule has 0 aliphatic heterocycles. The lowest BCUT2D eigenvalue weighted by Crippen LogP contribution is -2.20. The molecule has 0 N–H and O–H groups in total. The predicted molar refractivity (Wildman–Crippen MR) is 75.9 cm³/mol. The molecule has 1 aromatic heterocycles. The minimum atomic E-state index is -0.705. The van der Waals surface area contributed by atoms with Crippen LogP contribution in [0.5, 0.6) is 0 Å². The van der Waals surface area contributed by atoms with Crippen LogP contribution in [0, 0.1) is 12.7 Å². The summed E-state index contributed by atoms with van der Waals surface area (Å²) in [6.45, 7) is 1.95. The van der Waals surface area contributed by atoms with Crippen LogP contribution in [-0.2, 0) is 17.4 Å². The van der Waals surface area contributed by atoms with E-state index < -0.39 is 5.54 Å². The summed E-state index contributed by atoms with van der Waals surface area (Å²) in [4.78, 5) is 14.7. The Morgan fingerprint density at radius 2 is 2.05 bits per heavy atom. The number of hydrogen-bond donors (Lipinski definition) is 0. The molecular weight excluding hydrogens is 255 g/mol. The van der Waals surface area contributed by atoms with Gasteiger partial charge in [-0.05, 0) is 31.9 Å². The van der Waals surface area contributed by atoms with Gasteiger partial charge in [0.25, 0.3) is 0 Å². The van der Waals surface area contributed by atoms with Crippen molar-refractivity contribution in [2.24, 2.45) is 12.0 Å². The van der Waals surface area contributed by atoms with Crippen molar-refractivity contribution in [3.63, 3.8) is 0 Å². The number of nitrogens with zero attached hydrogens (tertiary/aromatic N) is 2. The molecule has 0 spiro atoms. The van der Waals surface area contributed by atoms with Crippen LogP contribution in [-0.4, -0.2) is 10.6 Å². The second-order valence-electron chi connectivity index (χ2n) is 5.65. The highest BCUT2D eigenvalue weighted by Crippen LogP contribution is 2.44. The van der Waals surface area contributed by atoms with Gasteiger partial charge in [0.05, 0.1) is 5.52 Å². The Balaban J connectivity index is 2.26. The van der Waals surface area contributed by atoms with Crippen LogP contribution in [0.15, 0.2) is 23.2 Å². The summed E-state index contributed by atoms with van der Waals surface area (Å²) in [5, 5.41) is 0.606. The third kappa shape index (κ3) is 1.72. The molecule has 3 rings (SSSR count). The fourth-order valence-electron chi connectivity index (χ4n) is 3.36. The van der Waals surface area contributed by atoms with Gasteiger partial charge in [-0.1, -0.05) is 18.9 Å². The number of fused-ring (bicyclic) bond motifs is 1. The highest BCUT2D eigenvalue weighted by atomic mass is 19.1. The van der Waals surface area contributed by atoms with E-state index in [0.29, 0.717) is 10.9 Å². The van der Waals surface area contributed by atoms with E-state index in [1.165, 1.54) is 0 Å². The molecule has 4 heteroatoms. The number of aliphatic imine (C=N–C) groups is 1. The van der Waals surface area contributed by atoms with Crippen LogP contribution < -0.4 is 0 Å². The van der Waals surface area contributed by atoms with Gasteiger partial charge in [-0.2, -0.15) is 4.99 Å². The molecule has 2 aromatic rings. The van der Waals surface area contributed by atoms with Crippen molar-refractivity contribution in [1.29, 1.82) is 0 Å². The molecular formula is C16H17FN2O. The van der Waals surface area contributed by atoms with Crippen molar-refractivity contribution in [2.75, 3.05) is 0 Å². The van der Waals surface area contributed by atoms with Gasteiger partial charge in [0.15, 0.2) is 0 Å². The van der Waals surface area contributed by atoms with Crippen LogP contribution in [0.1, 0.15) is 36.9 Å². The monoisotopic (exact) mass is 272 g/mol. The molecule has 0 atom stereocenters. The average molecular weight is 272 g/mol. The zero-order chi connectivity index (χ0) is 14.3. The summed E-state index contributed by atoms with van der Waals surface area (Å²) in [5.41, 5.74) is 1.71. The van der Waals surface area contributed by atoms with Gasteiger partial charge in [-0.15, -0.1) is 0 Å². The maximum absolute atomic E-state index is 14.9. The Morgan fingerprint density at radius 1 is 1.35 bits per heavy atom. The summed E-state index contributed by atoms with van der Waals surface area (Å²) >= 11 is 0. The maximum Gasteiger partial charge on any atom is 0.235 e. The molecule has 1 heterocycles. The zero-order valence-corrected chi connectivity index (χ0v) is 11.7. The van der Waals surface area contributed by atoms with Crippen molar-refractivity contribution < 1.29 is 9.18 Å². The number of aromatic nitrogens is 1. The first-order valence-electron chi connectivity index (χ1n) is 6.93. The average Bonchev–Trinajstić information content (AvgIpc) is 2.99. The van der Waals surface area contributed by atoms with E-state index in [0.717, 1.165) is 36.9 Å². The van der Waals surface area contributed by atoms with Gasteiger partial charge in [0, 0.05) is 23.7 Å². The van der Waals surface area contributed by atoms with E-state index in [4.69, 9.17) is 0 Å². The molecule has 3 nitrogen and oxygen atoms in total. The molecule has 1 aliphatic rings. The summed E-state index contributed by atoms with van der Waals surface area (Å²) in [6.07, 6.45) is 5.02. The molecule has 0 unspecified atom stereocenters. The highest BCUT2D eigenvalue weighted by Gasteiger charge is 2.38. The van der Waals surface area contributed by atoms with Crippen LogP contribution in [0.4, 0.5) is 4.39 Å². The first-order valence-corrected chi connectivity index (χ1v) is 6.93. The Labute approximate surface area is 117 Å². The summed E-state index contributed by atoms with van der Waals surface area (Å²) < 4.78 is 16.8. The van der Waals surface area contributed by atoms with E-state index >= 15 is 0 Å². The molecule has 1 fully saturated rings. The van der Waals surface area contributed by atoms with Crippen molar-refractivity contribution >= 4 is 17.0 Å². The Kier molecular flexibility index (Phi) is 2.98. The molecule has 1 aromatic carbocycles. The number of rotatable bonds is 2. The van der Waals surface area contributed by atoms with Gasteiger partial charge in [0.1, 0.15) is 11.4 Å². The van der Waals surface area contributed by atoms with E-state index in [2.05, 4.69) is 4.99 Å². The van der Waals surface area contributed by atoms with Crippen molar-refractivity contribution in [1.82, 2.24) is 4.57 Å². The molecule has 0 bridgehead atoms. The lowest BCUT2D eigenvalue weighted by atomic mass is 9.87. The van der Waals surface area contributed by atoms with Crippen molar-refractivity contribution in [3.8, 4) is 0 Å². The Hall–Kier alpha value is -1.93. The zero-order valence-electron chi connectivity index (χ0n) is 11.7. The molecule has 104 valence electrons. The molecule has 0 radical (unpaired) electrons. The highest BCUT2D eigenvalue weighted by molar-refractivity contribution is 5.83. The lowest BCUT2D eigenvalue weighted by Gasteiger charge is -2.23. The van der Waals surface area contributed by atoms with Crippen LogP contribution >= 0.6 is 0 Å². The minimum Gasteiger partial charge on any atom is -0.348 e. The number of benzene rings is 1. The SMILES string of the molecule is Cc1cc2c(F)c(C3(N=C=O)CCCC3)ccc2n1C. The van der Waals surface area contributed by atoms with E-state index in [9.17, 15) is 9.18 Å².